The molecular weight excluding hydrogens is 298 g/mol. The standard InChI is InChI=1S/C20H21N3O/c1-13-10-15(7-9-21-13)14-4-5-16-17(11-14)22-18-6-8-20(2,3)12-23(18)19(16)24/h4-5,7,9-11H,6,8,12H2,1-3H3. The van der Waals surface area contributed by atoms with Crippen LogP contribution in [0.4, 0.5) is 0 Å². The van der Waals surface area contributed by atoms with E-state index in [-0.39, 0.29) is 11.0 Å². The maximum Gasteiger partial charge on any atom is 0.261 e. The zero-order valence-corrected chi connectivity index (χ0v) is 14.3. The van der Waals surface area contributed by atoms with Gasteiger partial charge in [0.05, 0.1) is 10.9 Å². The van der Waals surface area contributed by atoms with Crippen molar-refractivity contribution in [1.29, 1.82) is 0 Å². The largest absolute Gasteiger partial charge is 0.296 e. The Labute approximate surface area is 141 Å². The first kappa shape index (κ1) is 15.1. The molecule has 0 radical (unpaired) electrons. The predicted octanol–water partition coefficient (Wildman–Crippen LogP) is 3.74. The molecule has 1 aromatic carbocycles. The quantitative estimate of drug-likeness (QED) is 0.686. The van der Waals surface area contributed by atoms with Gasteiger partial charge in [-0.2, -0.15) is 0 Å². The topological polar surface area (TPSA) is 47.8 Å². The van der Waals surface area contributed by atoms with Crippen LogP contribution in [-0.2, 0) is 13.0 Å². The summed E-state index contributed by atoms with van der Waals surface area (Å²) < 4.78 is 1.86. The molecule has 0 fully saturated rings. The second-order valence-electron chi connectivity index (χ2n) is 7.50. The van der Waals surface area contributed by atoms with Crippen LogP contribution in [0.3, 0.4) is 0 Å². The summed E-state index contributed by atoms with van der Waals surface area (Å²) in [7, 11) is 0. The molecule has 0 unspecified atom stereocenters. The van der Waals surface area contributed by atoms with Crippen molar-refractivity contribution >= 4 is 10.9 Å². The van der Waals surface area contributed by atoms with E-state index in [1.807, 2.05) is 42.0 Å². The lowest BCUT2D eigenvalue weighted by atomic mass is 9.85. The highest BCUT2D eigenvalue weighted by Crippen LogP contribution is 2.30. The van der Waals surface area contributed by atoms with E-state index >= 15 is 0 Å². The molecule has 4 heteroatoms. The fraction of sp³-hybridized carbons (Fsp3) is 0.350. The van der Waals surface area contributed by atoms with E-state index in [1.54, 1.807) is 0 Å². The number of aryl methyl sites for hydroxylation is 2. The molecule has 1 aliphatic heterocycles. The minimum atomic E-state index is 0.0835. The maximum absolute atomic E-state index is 12.9. The van der Waals surface area contributed by atoms with Gasteiger partial charge in [0.1, 0.15) is 5.82 Å². The number of rotatable bonds is 1. The van der Waals surface area contributed by atoms with Crippen LogP contribution in [0.1, 0.15) is 31.8 Å². The van der Waals surface area contributed by atoms with Gasteiger partial charge in [0, 0.05) is 24.9 Å². The van der Waals surface area contributed by atoms with Gasteiger partial charge < -0.3 is 0 Å². The zero-order chi connectivity index (χ0) is 16.9. The van der Waals surface area contributed by atoms with Gasteiger partial charge in [-0.15, -0.1) is 0 Å². The van der Waals surface area contributed by atoms with Crippen molar-refractivity contribution < 1.29 is 0 Å². The summed E-state index contributed by atoms with van der Waals surface area (Å²) in [4.78, 5) is 21.9. The first-order valence-corrected chi connectivity index (χ1v) is 8.39. The molecule has 122 valence electrons. The Bertz CT molecular complexity index is 1000. The number of fused-ring (bicyclic) bond motifs is 2. The fourth-order valence-electron chi connectivity index (χ4n) is 3.48. The van der Waals surface area contributed by atoms with E-state index in [1.165, 1.54) is 0 Å². The number of aromatic nitrogens is 3. The summed E-state index contributed by atoms with van der Waals surface area (Å²) in [6.45, 7) is 7.14. The van der Waals surface area contributed by atoms with Crippen molar-refractivity contribution in [3.8, 4) is 11.1 Å². The van der Waals surface area contributed by atoms with Crippen LogP contribution in [0.2, 0.25) is 0 Å². The first-order chi connectivity index (χ1) is 11.4. The lowest BCUT2D eigenvalue weighted by Gasteiger charge is -2.31. The number of nitrogens with zero attached hydrogens (tertiary/aromatic N) is 3. The van der Waals surface area contributed by atoms with E-state index in [9.17, 15) is 4.79 Å². The third kappa shape index (κ3) is 2.52. The van der Waals surface area contributed by atoms with Gasteiger partial charge in [0.2, 0.25) is 0 Å². The molecule has 0 atom stereocenters. The van der Waals surface area contributed by atoms with Gasteiger partial charge in [-0.05, 0) is 54.2 Å². The normalized spacial score (nSPS) is 16.1. The molecule has 0 saturated carbocycles. The Hall–Kier alpha value is -2.49. The Balaban J connectivity index is 1.89. The zero-order valence-electron chi connectivity index (χ0n) is 14.3. The highest BCUT2D eigenvalue weighted by atomic mass is 16.1. The fourth-order valence-corrected chi connectivity index (χ4v) is 3.48. The van der Waals surface area contributed by atoms with Crippen molar-refractivity contribution in [3.05, 3.63) is 58.4 Å². The monoisotopic (exact) mass is 319 g/mol. The Morgan fingerprint density at radius 3 is 2.71 bits per heavy atom. The van der Waals surface area contributed by atoms with Gasteiger partial charge in [0.25, 0.3) is 5.56 Å². The molecule has 4 rings (SSSR count). The van der Waals surface area contributed by atoms with Crippen LogP contribution < -0.4 is 5.56 Å². The number of hydrogen-bond acceptors (Lipinski definition) is 3. The lowest BCUT2D eigenvalue weighted by molar-refractivity contribution is 0.240. The SMILES string of the molecule is Cc1cc(-c2ccc3c(=O)n4c(nc3c2)CCC(C)(C)C4)ccn1. The number of pyridine rings is 1. The van der Waals surface area contributed by atoms with Gasteiger partial charge in [-0.25, -0.2) is 4.98 Å². The van der Waals surface area contributed by atoms with Crippen LogP contribution in [-0.4, -0.2) is 14.5 Å². The predicted molar refractivity (Wildman–Crippen MR) is 96.1 cm³/mol. The van der Waals surface area contributed by atoms with Gasteiger partial charge in [-0.1, -0.05) is 19.9 Å². The summed E-state index contributed by atoms with van der Waals surface area (Å²) in [5.74, 6) is 0.912. The van der Waals surface area contributed by atoms with Gasteiger partial charge in [-0.3, -0.25) is 14.3 Å². The summed E-state index contributed by atoms with van der Waals surface area (Å²) in [6.07, 6.45) is 3.73. The maximum atomic E-state index is 12.9. The van der Waals surface area contributed by atoms with E-state index in [0.717, 1.165) is 47.5 Å². The van der Waals surface area contributed by atoms with E-state index < -0.39 is 0 Å². The van der Waals surface area contributed by atoms with Gasteiger partial charge >= 0.3 is 0 Å². The van der Waals surface area contributed by atoms with E-state index in [0.29, 0.717) is 5.39 Å². The van der Waals surface area contributed by atoms with Crippen molar-refractivity contribution in [2.75, 3.05) is 0 Å². The molecule has 0 bridgehead atoms. The van der Waals surface area contributed by atoms with Crippen LogP contribution in [0.15, 0.2) is 41.3 Å². The summed E-state index contributed by atoms with van der Waals surface area (Å²) in [5.41, 5.74) is 4.18. The molecule has 0 N–H and O–H groups in total. The molecule has 2 aromatic heterocycles. The molecule has 3 aromatic rings. The molecule has 0 spiro atoms. The lowest BCUT2D eigenvalue weighted by Crippen LogP contribution is -2.36. The highest BCUT2D eigenvalue weighted by molar-refractivity contribution is 5.83. The van der Waals surface area contributed by atoms with Gasteiger partial charge in [0.15, 0.2) is 0 Å². The molecular formula is C20H21N3O. The van der Waals surface area contributed by atoms with Crippen LogP contribution in [0.25, 0.3) is 22.0 Å². The Morgan fingerprint density at radius 2 is 1.92 bits per heavy atom. The molecule has 0 saturated heterocycles. The smallest absolute Gasteiger partial charge is 0.261 e. The Kier molecular flexibility index (Phi) is 3.30. The summed E-state index contributed by atoms with van der Waals surface area (Å²) in [6, 6.07) is 9.97. The second-order valence-corrected chi connectivity index (χ2v) is 7.50. The van der Waals surface area contributed by atoms with Crippen LogP contribution >= 0.6 is 0 Å². The third-order valence-corrected chi connectivity index (χ3v) is 4.88. The Morgan fingerprint density at radius 1 is 1.12 bits per heavy atom. The third-order valence-electron chi connectivity index (χ3n) is 4.88. The average Bonchev–Trinajstić information content (AvgIpc) is 2.55. The average molecular weight is 319 g/mol. The first-order valence-electron chi connectivity index (χ1n) is 8.39. The summed E-state index contributed by atoms with van der Waals surface area (Å²) >= 11 is 0. The van der Waals surface area contributed by atoms with Crippen molar-refractivity contribution in [1.82, 2.24) is 14.5 Å². The van der Waals surface area contributed by atoms with Crippen molar-refractivity contribution in [2.45, 2.75) is 40.2 Å². The van der Waals surface area contributed by atoms with Crippen LogP contribution in [0.5, 0.6) is 0 Å². The molecule has 0 aliphatic carbocycles. The molecule has 1 aliphatic rings. The van der Waals surface area contributed by atoms with Crippen molar-refractivity contribution in [3.63, 3.8) is 0 Å². The van der Waals surface area contributed by atoms with E-state index in [2.05, 4.69) is 24.9 Å². The van der Waals surface area contributed by atoms with Crippen molar-refractivity contribution in [2.24, 2.45) is 5.41 Å². The molecule has 3 heterocycles. The molecule has 4 nitrogen and oxygen atoms in total. The second kappa shape index (κ2) is 5.26. The minimum absolute atomic E-state index is 0.0835. The number of benzene rings is 1. The molecule has 24 heavy (non-hydrogen) atoms. The minimum Gasteiger partial charge on any atom is -0.296 e. The van der Waals surface area contributed by atoms with E-state index in [4.69, 9.17) is 4.98 Å². The number of hydrogen-bond donors (Lipinski definition) is 0. The van der Waals surface area contributed by atoms with Crippen LogP contribution in [0, 0.1) is 12.3 Å². The highest BCUT2D eigenvalue weighted by Gasteiger charge is 2.27. The summed E-state index contributed by atoms with van der Waals surface area (Å²) in [5, 5.41) is 0.700. The molecule has 0 amide bonds.